The summed E-state index contributed by atoms with van der Waals surface area (Å²) >= 11 is 0. The smallest absolute Gasteiger partial charge is 0.296 e. The van der Waals surface area contributed by atoms with Crippen LogP contribution in [0.15, 0.2) is 48.8 Å². The normalized spacial score (nSPS) is 21.2. The molecule has 0 saturated carbocycles. The Kier molecular flexibility index (Phi) is 8.62. The van der Waals surface area contributed by atoms with E-state index in [1.54, 1.807) is 6.07 Å². The van der Waals surface area contributed by atoms with Gasteiger partial charge in [-0.1, -0.05) is 0 Å². The number of aromatic nitrogens is 3. The molecule has 2 aromatic carbocycles. The van der Waals surface area contributed by atoms with Crippen molar-refractivity contribution in [3.8, 4) is 23.2 Å². The molecule has 13 heteroatoms. The van der Waals surface area contributed by atoms with E-state index in [1.807, 2.05) is 18.2 Å². The zero-order valence-corrected chi connectivity index (χ0v) is 23.7. The van der Waals surface area contributed by atoms with Crippen molar-refractivity contribution in [2.75, 3.05) is 75.9 Å². The Morgan fingerprint density at radius 1 is 1.07 bits per heavy atom. The number of hydrogen-bond acceptors (Lipinski definition) is 11. The van der Waals surface area contributed by atoms with Crippen molar-refractivity contribution in [1.82, 2.24) is 24.8 Å². The molecule has 11 nitrogen and oxygen atoms in total. The lowest BCUT2D eigenvalue weighted by atomic mass is 10.0. The highest BCUT2D eigenvalue weighted by Gasteiger charge is 2.46. The number of ether oxygens (including phenoxy) is 2. The molecule has 0 bridgehead atoms. The number of nitriles is 1. The molecule has 43 heavy (non-hydrogen) atoms. The number of hydrogen-bond donors (Lipinski definition) is 2. The van der Waals surface area contributed by atoms with Gasteiger partial charge in [0.25, 0.3) is 5.92 Å². The number of β-amino-alcohol motifs (C(OH)–C–C–N with tert-alkyl or cyclic N) is 1. The van der Waals surface area contributed by atoms with Crippen molar-refractivity contribution in [1.29, 1.82) is 5.26 Å². The highest BCUT2D eigenvalue weighted by atomic mass is 19.3. The molecule has 0 spiro atoms. The molecular formula is C30H34F2N8O3. The largest absolute Gasteiger partial charge is 0.483 e. The lowest BCUT2D eigenvalue weighted by Crippen LogP contribution is -2.56. The quantitative estimate of drug-likeness (QED) is 0.381. The first-order valence-electron chi connectivity index (χ1n) is 14.5. The standard InChI is InChI=1S/C30H34F2N8O3/c31-30(32)19-38(13-14-41)8-7-27(30)43-26-6-1-21(15-22(26)16-33)28-34-20-35-29(37-28)36-23-2-4-24(5-3-23)39-9-11-40(12-10-39)25-17-42-18-25/h1-6,15,20,25,27,41H,7-14,17-19H2,(H,34,35,36,37)/t27-/m0/s1. The van der Waals surface area contributed by atoms with Crippen LogP contribution in [0.1, 0.15) is 12.0 Å². The number of nitrogens with zero attached hydrogens (tertiary/aromatic N) is 7. The number of rotatable bonds is 9. The summed E-state index contributed by atoms with van der Waals surface area (Å²) in [5, 5.41) is 22.0. The van der Waals surface area contributed by atoms with Gasteiger partial charge in [-0.2, -0.15) is 10.2 Å². The maximum Gasteiger partial charge on any atom is 0.296 e. The van der Waals surface area contributed by atoms with E-state index in [4.69, 9.17) is 14.6 Å². The molecule has 0 amide bonds. The van der Waals surface area contributed by atoms with Crippen LogP contribution in [0.4, 0.5) is 26.1 Å². The Hall–Kier alpha value is -3.96. The number of likely N-dealkylation sites (tertiary alicyclic amines) is 1. The third kappa shape index (κ3) is 6.67. The summed E-state index contributed by atoms with van der Waals surface area (Å²) in [7, 11) is 0. The lowest BCUT2D eigenvalue weighted by molar-refractivity contribution is -0.140. The van der Waals surface area contributed by atoms with Gasteiger partial charge >= 0.3 is 0 Å². The average Bonchev–Trinajstić information content (AvgIpc) is 2.99. The average molecular weight is 593 g/mol. The van der Waals surface area contributed by atoms with Crippen molar-refractivity contribution in [3.63, 3.8) is 0 Å². The number of aliphatic hydroxyl groups excluding tert-OH is 1. The first kappa shape index (κ1) is 29.1. The first-order chi connectivity index (χ1) is 20.9. The van der Waals surface area contributed by atoms with Crippen LogP contribution in [-0.4, -0.2) is 114 Å². The van der Waals surface area contributed by atoms with E-state index < -0.39 is 18.6 Å². The van der Waals surface area contributed by atoms with E-state index in [-0.39, 0.29) is 30.9 Å². The van der Waals surface area contributed by atoms with Crippen LogP contribution in [0.25, 0.3) is 11.4 Å². The van der Waals surface area contributed by atoms with Gasteiger partial charge in [-0.15, -0.1) is 0 Å². The number of anilines is 3. The summed E-state index contributed by atoms with van der Waals surface area (Å²) in [6, 6.07) is 15.4. The van der Waals surface area contributed by atoms with Crippen molar-refractivity contribution >= 4 is 17.3 Å². The molecule has 2 N–H and O–H groups in total. The molecule has 0 aliphatic carbocycles. The van der Waals surface area contributed by atoms with Gasteiger partial charge in [-0.25, -0.2) is 18.7 Å². The van der Waals surface area contributed by atoms with Gasteiger partial charge in [0.2, 0.25) is 5.95 Å². The molecule has 3 aliphatic rings. The molecule has 3 fully saturated rings. The van der Waals surface area contributed by atoms with E-state index in [0.717, 1.165) is 50.8 Å². The molecule has 3 aromatic rings. The number of benzene rings is 2. The zero-order chi connectivity index (χ0) is 29.8. The van der Waals surface area contributed by atoms with Gasteiger partial charge in [0.1, 0.15) is 18.1 Å². The molecule has 0 unspecified atom stereocenters. The number of aliphatic hydroxyl groups is 1. The van der Waals surface area contributed by atoms with Crippen LogP contribution in [0, 0.1) is 11.3 Å². The van der Waals surface area contributed by atoms with E-state index in [0.29, 0.717) is 29.9 Å². The highest BCUT2D eigenvalue weighted by Crippen LogP contribution is 2.33. The monoisotopic (exact) mass is 592 g/mol. The fourth-order valence-corrected chi connectivity index (χ4v) is 5.64. The van der Waals surface area contributed by atoms with Crippen molar-refractivity contribution in [2.24, 2.45) is 0 Å². The Balaban J connectivity index is 1.09. The molecule has 1 aromatic heterocycles. The summed E-state index contributed by atoms with van der Waals surface area (Å²) in [6.07, 6.45) is 0.0885. The van der Waals surface area contributed by atoms with Gasteiger partial charge in [0.15, 0.2) is 11.9 Å². The minimum absolute atomic E-state index is 0.0793. The molecule has 4 heterocycles. The van der Waals surface area contributed by atoms with Crippen LogP contribution in [0.5, 0.6) is 5.75 Å². The molecule has 3 aliphatic heterocycles. The first-order valence-corrected chi connectivity index (χ1v) is 14.5. The van der Waals surface area contributed by atoms with Crippen LogP contribution >= 0.6 is 0 Å². The Labute approximate surface area is 248 Å². The second kappa shape index (κ2) is 12.7. The van der Waals surface area contributed by atoms with Crippen molar-refractivity contribution in [3.05, 3.63) is 54.4 Å². The number of nitrogens with one attached hydrogen (secondary N) is 1. The summed E-state index contributed by atoms with van der Waals surface area (Å²) < 4.78 is 40.4. The molecule has 0 radical (unpaired) electrons. The predicted octanol–water partition coefficient (Wildman–Crippen LogP) is 2.76. The Morgan fingerprint density at radius 3 is 2.53 bits per heavy atom. The maximum absolute atomic E-state index is 14.7. The van der Waals surface area contributed by atoms with E-state index in [9.17, 15) is 14.0 Å². The van der Waals surface area contributed by atoms with E-state index in [1.165, 1.54) is 23.4 Å². The van der Waals surface area contributed by atoms with Crippen LogP contribution in [-0.2, 0) is 4.74 Å². The number of piperazine rings is 1. The number of alkyl halides is 2. The van der Waals surface area contributed by atoms with Crippen molar-refractivity contribution in [2.45, 2.75) is 24.5 Å². The fourth-order valence-electron chi connectivity index (χ4n) is 5.64. The highest BCUT2D eigenvalue weighted by molar-refractivity contribution is 5.64. The lowest BCUT2D eigenvalue weighted by Gasteiger charge is -2.43. The minimum Gasteiger partial charge on any atom is -0.483 e. The van der Waals surface area contributed by atoms with E-state index >= 15 is 0 Å². The number of piperidine rings is 1. The van der Waals surface area contributed by atoms with E-state index in [2.05, 4.69) is 42.2 Å². The molecule has 3 saturated heterocycles. The van der Waals surface area contributed by atoms with Gasteiger partial charge in [0, 0.05) is 62.6 Å². The van der Waals surface area contributed by atoms with Gasteiger partial charge < -0.3 is 24.8 Å². The molecular weight excluding hydrogens is 558 g/mol. The molecule has 1 atom stereocenters. The number of halogens is 2. The maximum atomic E-state index is 14.7. The summed E-state index contributed by atoms with van der Waals surface area (Å²) in [6.45, 7) is 5.55. The second-order valence-electron chi connectivity index (χ2n) is 11.0. The summed E-state index contributed by atoms with van der Waals surface area (Å²) in [5.41, 5.74) is 2.62. The van der Waals surface area contributed by atoms with Crippen LogP contribution in [0.3, 0.4) is 0 Å². The third-order valence-corrected chi connectivity index (χ3v) is 8.17. The Morgan fingerprint density at radius 2 is 1.86 bits per heavy atom. The zero-order valence-electron chi connectivity index (χ0n) is 23.7. The molecule has 226 valence electrons. The van der Waals surface area contributed by atoms with Gasteiger partial charge in [0.05, 0.1) is 38.0 Å². The SMILES string of the molecule is N#Cc1cc(-c2ncnc(Nc3ccc(N4CCN(C5COC5)CC4)cc3)n2)ccc1O[C@H]1CCN(CCO)CC1(F)F. The Bertz CT molecular complexity index is 1440. The van der Waals surface area contributed by atoms with Crippen LogP contribution in [0.2, 0.25) is 0 Å². The van der Waals surface area contributed by atoms with Crippen molar-refractivity contribution < 1.29 is 23.4 Å². The second-order valence-corrected chi connectivity index (χ2v) is 11.0. The topological polar surface area (TPSA) is 123 Å². The summed E-state index contributed by atoms with van der Waals surface area (Å²) in [4.78, 5) is 19.4. The summed E-state index contributed by atoms with van der Waals surface area (Å²) in [5.74, 6) is -2.37. The van der Waals surface area contributed by atoms with Gasteiger partial charge in [-0.3, -0.25) is 9.80 Å². The predicted molar refractivity (Wildman–Crippen MR) is 156 cm³/mol. The minimum atomic E-state index is -3.12. The van der Waals surface area contributed by atoms with Crippen LogP contribution < -0.4 is 15.0 Å². The fraction of sp³-hybridized carbons (Fsp3) is 0.467. The molecule has 6 rings (SSSR count). The third-order valence-electron chi connectivity index (χ3n) is 8.17. The van der Waals surface area contributed by atoms with Gasteiger partial charge in [-0.05, 0) is 42.5 Å².